The Labute approximate surface area is 93.2 Å². The summed E-state index contributed by atoms with van der Waals surface area (Å²) < 4.78 is 0. The third kappa shape index (κ3) is 3.67. The van der Waals surface area contributed by atoms with Crippen molar-refractivity contribution in [2.75, 3.05) is 0 Å². The Hall–Kier alpha value is -1.94. The number of fused-ring (bicyclic) bond motifs is 1. The molecule has 0 spiro atoms. The van der Waals surface area contributed by atoms with Gasteiger partial charge in [0.15, 0.2) is 0 Å². The van der Waals surface area contributed by atoms with Gasteiger partial charge >= 0.3 is 5.97 Å². The van der Waals surface area contributed by atoms with Gasteiger partial charge in [0.05, 0.1) is 5.52 Å². The first-order chi connectivity index (χ1) is 7.61. The molecule has 0 bridgehead atoms. The van der Waals surface area contributed by atoms with Crippen LogP contribution < -0.4 is 0 Å². The van der Waals surface area contributed by atoms with Gasteiger partial charge in [0.25, 0.3) is 0 Å². The molecule has 1 atom stereocenters. The van der Waals surface area contributed by atoms with Gasteiger partial charge in [-0.15, -0.1) is 0 Å². The Morgan fingerprint density at radius 2 is 1.81 bits per heavy atom. The molecule has 0 saturated heterocycles. The highest BCUT2D eigenvalue weighted by Gasteiger charge is 2.01. The van der Waals surface area contributed by atoms with Crippen molar-refractivity contribution < 1.29 is 15.0 Å². The van der Waals surface area contributed by atoms with E-state index in [1.54, 1.807) is 0 Å². The van der Waals surface area contributed by atoms with Gasteiger partial charge in [-0.05, 0) is 19.1 Å². The second kappa shape index (κ2) is 5.82. The van der Waals surface area contributed by atoms with E-state index in [1.165, 1.54) is 12.3 Å². The summed E-state index contributed by atoms with van der Waals surface area (Å²) >= 11 is 0. The second-order valence-corrected chi connectivity index (χ2v) is 3.21. The standard InChI is InChI=1S/C9H7N.C3H6O3/c1-2-6-9-8(4-1)5-3-7-10-9;1-2(4)3(5)6/h1-7H;2,4H,1H3,(H,5,6). The predicted molar refractivity (Wildman–Crippen MR) is 61.1 cm³/mol. The third-order valence-corrected chi connectivity index (χ3v) is 1.87. The highest BCUT2D eigenvalue weighted by molar-refractivity contribution is 5.77. The fourth-order valence-corrected chi connectivity index (χ4v) is 1.02. The number of hydrogen-bond acceptors (Lipinski definition) is 3. The summed E-state index contributed by atoms with van der Waals surface area (Å²) in [6.45, 7) is 1.20. The highest BCUT2D eigenvalue weighted by atomic mass is 16.4. The summed E-state index contributed by atoms with van der Waals surface area (Å²) in [4.78, 5) is 13.6. The van der Waals surface area contributed by atoms with E-state index in [0.29, 0.717) is 0 Å². The monoisotopic (exact) mass is 219 g/mol. The molecule has 0 saturated carbocycles. The summed E-state index contributed by atoms with van der Waals surface area (Å²) in [6.07, 6.45) is 0.576. The molecule has 0 radical (unpaired) electrons. The number of aliphatic hydroxyl groups excluding tert-OH is 1. The maximum atomic E-state index is 9.45. The number of carboxylic acid groups (broad SMARTS) is 1. The predicted octanol–water partition coefficient (Wildman–Crippen LogP) is 1.69. The van der Waals surface area contributed by atoms with Crippen molar-refractivity contribution in [1.82, 2.24) is 4.98 Å². The molecule has 0 aliphatic carbocycles. The summed E-state index contributed by atoms with van der Waals surface area (Å²) in [7, 11) is 0. The van der Waals surface area contributed by atoms with E-state index in [1.807, 2.05) is 30.5 Å². The van der Waals surface area contributed by atoms with Gasteiger partial charge in [0.2, 0.25) is 0 Å². The molecule has 2 rings (SSSR count). The Morgan fingerprint density at radius 1 is 1.25 bits per heavy atom. The zero-order valence-corrected chi connectivity index (χ0v) is 8.87. The molecular weight excluding hydrogens is 206 g/mol. The summed E-state index contributed by atoms with van der Waals surface area (Å²) in [5.74, 6) is -1.19. The van der Waals surface area contributed by atoms with E-state index < -0.39 is 12.1 Å². The van der Waals surface area contributed by atoms with Crippen LogP contribution in [0.2, 0.25) is 0 Å². The molecule has 16 heavy (non-hydrogen) atoms. The van der Waals surface area contributed by atoms with Crippen LogP contribution in [0.25, 0.3) is 10.9 Å². The van der Waals surface area contributed by atoms with Crippen LogP contribution in [0.15, 0.2) is 42.6 Å². The van der Waals surface area contributed by atoms with Gasteiger partial charge in [-0.3, -0.25) is 4.98 Å². The number of pyridine rings is 1. The van der Waals surface area contributed by atoms with Crippen LogP contribution in [0.3, 0.4) is 0 Å². The number of carbonyl (C=O) groups is 1. The number of nitrogens with zero attached hydrogens (tertiary/aromatic N) is 1. The van der Waals surface area contributed by atoms with Gasteiger partial charge in [-0.2, -0.15) is 0 Å². The molecule has 1 unspecified atom stereocenters. The van der Waals surface area contributed by atoms with Gasteiger partial charge in [-0.1, -0.05) is 24.3 Å². The van der Waals surface area contributed by atoms with E-state index in [2.05, 4.69) is 17.1 Å². The number of benzene rings is 1. The molecule has 1 heterocycles. The van der Waals surface area contributed by atoms with Crippen molar-refractivity contribution in [3.05, 3.63) is 42.6 Å². The van der Waals surface area contributed by atoms with Crippen molar-refractivity contribution in [1.29, 1.82) is 0 Å². The molecule has 2 N–H and O–H groups in total. The molecule has 0 aliphatic rings. The highest BCUT2D eigenvalue weighted by Crippen LogP contribution is 2.07. The molecule has 2 aromatic rings. The normalized spacial score (nSPS) is 11.4. The Bertz CT molecular complexity index is 403. The molecule has 4 nitrogen and oxygen atoms in total. The maximum Gasteiger partial charge on any atom is 0.332 e. The molecule has 1 aromatic heterocycles. The van der Waals surface area contributed by atoms with Crippen LogP contribution >= 0.6 is 0 Å². The van der Waals surface area contributed by atoms with Crippen molar-refractivity contribution in [2.45, 2.75) is 13.0 Å². The SMILES string of the molecule is CC(O)C(=O)O.c1ccc2ncccc2c1. The lowest BCUT2D eigenvalue weighted by Crippen LogP contribution is -2.13. The molecule has 0 amide bonds. The fraction of sp³-hybridized carbons (Fsp3) is 0.167. The zero-order valence-electron chi connectivity index (χ0n) is 8.87. The Kier molecular flexibility index (Phi) is 4.42. The number of aliphatic hydroxyl groups is 1. The number of hydrogen-bond donors (Lipinski definition) is 2. The molecule has 0 aliphatic heterocycles. The van der Waals surface area contributed by atoms with Crippen LogP contribution in [0.1, 0.15) is 6.92 Å². The summed E-state index contributed by atoms with van der Waals surface area (Å²) in [5, 5.41) is 17.0. The Balaban J connectivity index is 0.000000187. The van der Waals surface area contributed by atoms with Crippen molar-refractivity contribution in [3.63, 3.8) is 0 Å². The average molecular weight is 219 g/mol. The lowest BCUT2D eigenvalue weighted by molar-refractivity contribution is -0.145. The topological polar surface area (TPSA) is 70.4 Å². The van der Waals surface area contributed by atoms with Gasteiger partial charge in [0, 0.05) is 11.6 Å². The van der Waals surface area contributed by atoms with Gasteiger partial charge < -0.3 is 10.2 Å². The number of carboxylic acids is 1. The lowest BCUT2D eigenvalue weighted by atomic mass is 10.2. The molecule has 4 heteroatoms. The van der Waals surface area contributed by atoms with E-state index in [0.717, 1.165) is 5.52 Å². The van der Waals surface area contributed by atoms with E-state index in [-0.39, 0.29) is 0 Å². The van der Waals surface area contributed by atoms with Crippen LogP contribution in [-0.2, 0) is 4.79 Å². The second-order valence-electron chi connectivity index (χ2n) is 3.21. The molecule has 84 valence electrons. The van der Waals surface area contributed by atoms with Crippen LogP contribution in [0, 0.1) is 0 Å². The first-order valence-corrected chi connectivity index (χ1v) is 4.82. The summed E-state index contributed by atoms with van der Waals surface area (Å²) in [5.41, 5.74) is 1.06. The lowest BCUT2D eigenvalue weighted by Gasteiger charge is -1.91. The minimum Gasteiger partial charge on any atom is -0.479 e. The third-order valence-electron chi connectivity index (χ3n) is 1.87. The average Bonchev–Trinajstić information content (AvgIpc) is 2.30. The van der Waals surface area contributed by atoms with Crippen molar-refractivity contribution in [3.8, 4) is 0 Å². The molecular formula is C12H13NO3. The number of rotatable bonds is 1. The number of para-hydroxylation sites is 1. The van der Waals surface area contributed by atoms with E-state index in [4.69, 9.17) is 10.2 Å². The number of aliphatic carboxylic acids is 1. The zero-order chi connectivity index (χ0) is 12.0. The van der Waals surface area contributed by atoms with Gasteiger partial charge in [0.1, 0.15) is 6.10 Å². The van der Waals surface area contributed by atoms with Crippen molar-refractivity contribution >= 4 is 16.9 Å². The quantitative estimate of drug-likeness (QED) is 0.765. The number of aromatic nitrogens is 1. The van der Waals surface area contributed by atoms with Gasteiger partial charge in [-0.25, -0.2) is 4.79 Å². The fourth-order valence-electron chi connectivity index (χ4n) is 1.02. The van der Waals surface area contributed by atoms with E-state index >= 15 is 0 Å². The first-order valence-electron chi connectivity index (χ1n) is 4.82. The molecule has 0 fully saturated rings. The minimum absolute atomic E-state index is 1.06. The minimum atomic E-state index is -1.23. The smallest absolute Gasteiger partial charge is 0.332 e. The first kappa shape index (κ1) is 12.1. The summed E-state index contributed by atoms with van der Waals surface area (Å²) in [6, 6.07) is 12.1. The van der Waals surface area contributed by atoms with Crippen LogP contribution in [0.4, 0.5) is 0 Å². The van der Waals surface area contributed by atoms with E-state index in [9.17, 15) is 4.79 Å². The van der Waals surface area contributed by atoms with Crippen LogP contribution in [-0.4, -0.2) is 27.3 Å². The Morgan fingerprint density at radius 3 is 2.38 bits per heavy atom. The maximum absolute atomic E-state index is 9.45. The largest absolute Gasteiger partial charge is 0.479 e. The van der Waals surface area contributed by atoms with Crippen LogP contribution in [0.5, 0.6) is 0 Å². The van der Waals surface area contributed by atoms with Crippen molar-refractivity contribution in [2.24, 2.45) is 0 Å². The molecule has 1 aromatic carbocycles.